The van der Waals surface area contributed by atoms with Crippen LogP contribution >= 0.6 is 0 Å². The van der Waals surface area contributed by atoms with Crippen molar-refractivity contribution in [1.82, 2.24) is 5.32 Å². The Morgan fingerprint density at radius 3 is 1.39 bits per heavy atom. The molecule has 6 atom stereocenters. The van der Waals surface area contributed by atoms with E-state index in [1.54, 1.807) is 0 Å². The van der Waals surface area contributed by atoms with Crippen LogP contribution in [0.5, 0.6) is 0 Å². The van der Waals surface area contributed by atoms with Crippen LogP contribution in [-0.2, 0) is 10.1 Å². The summed E-state index contributed by atoms with van der Waals surface area (Å²) in [7, 11) is -1.32. The van der Waals surface area contributed by atoms with Crippen LogP contribution in [0.4, 0.5) is 35.1 Å². The van der Waals surface area contributed by atoms with Crippen molar-refractivity contribution in [3.05, 3.63) is 0 Å². The van der Waals surface area contributed by atoms with Gasteiger partial charge in [-0.25, -0.2) is 35.1 Å². The summed E-state index contributed by atoms with van der Waals surface area (Å²) in [6, 6.07) is 0. The van der Waals surface area contributed by atoms with E-state index in [1.165, 1.54) is 0 Å². The first kappa shape index (κ1) is 24.6. The number of halogens is 8. The molecule has 4 nitrogen and oxygen atoms in total. The lowest BCUT2D eigenvalue weighted by Crippen LogP contribution is -2.45. The van der Waals surface area contributed by atoms with Crippen LogP contribution in [0.25, 0.3) is 0 Å². The third-order valence-corrected chi connectivity index (χ3v) is 2.91. The van der Waals surface area contributed by atoms with Gasteiger partial charge in [0.2, 0.25) is 0 Å². The Balaban J connectivity index is 0. The first-order valence-corrected chi connectivity index (χ1v) is 7.57. The largest absolute Gasteiger partial charge is 0.323 e. The van der Waals surface area contributed by atoms with Gasteiger partial charge in [0.25, 0.3) is 16.5 Å². The lowest BCUT2D eigenvalue weighted by Gasteiger charge is -2.23. The summed E-state index contributed by atoms with van der Waals surface area (Å²) in [5.74, 6) is -1.95. The molecule has 0 fully saturated rings. The van der Waals surface area contributed by atoms with Crippen LogP contribution in [0.3, 0.4) is 0 Å². The van der Waals surface area contributed by atoms with E-state index >= 15 is 0 Å². The van der Waals surface area contributed by atoms with Crippen LogP contribution in [0.2, 0.25) is 0 Å². The average Bonchev–Trinajstić information content (AvgIpc) is 2.42. The standard InChI is InChI=1S/C8H10F8O3S.C2H7N/c9-2(1-20(17,18)19)3(10)4(11)5(12)6(13)7(14)8(15)16;1-3-2/h2-8H,1H2,(H,17,18,19);3H,1-2H3. The van der Waals surface area contributed by atoms with Crippen LogP contribution in [0.15, 0.2) is 0 Å². The fourth-order valence-corrected chi connectivity index (χ4v) is 1.74. The lowest BCUT2D eigenvalue weighted by molar-refractivity contribution is -0.0577. The average molecular weight is 383 g/mol. The SMILES string of the molecule is CNC.O=S(=O)(O)CC(F)C(F)C(F)C(F)C(F)C(F)C(F)F. The normalized spacial score (nSPS) is 20.0. The Hall–Kier alpha value is -0.690. The number of rotatable bonds is 8. The van der Waals surface area contributed by atoms with Gasteiger partial charge in [0.1, 0.15) is 5.75 Å². The molecule has 0 spiro atoms. The molecule has 0 bridgehead atoms. The lowest BCUT2D eigenvalue weighted by atomic mass is 10.0. The molecule has 0 radical (unpaired) electrons. The van der Waals surface area contributed by atoms with Crippen molar-refractivity contribution in [2.75, 3.05) is 19.8 Å². The Kier molecular flexibility index (Phi) is 11.7. The molecule has 0 rings (SSSR count). The van der Waals surface area contributed by atoms with Crippen molar-refractivity contribution in [3.63, 3.8) is 0 Å². The molecule has 0 amide bonds. The number of hydrogen-bond donors (Lipinski definition) is 2. The second kappa shape index (κ2) is 11.0. The highest BCUT2D eigenvalue weighted by molar-refractivity contribution is 7.85. The van der Waals surface area contributed by atoms with Crippen LogP contribution < -0.4 is 5.32 Å². The summed E-state index contributed by atoms with van der Waals surface area (Å²) in [6.45, 7) is 0. The molecule has 6 unspecified atom stereocenters. The van der Waals surface area contributed by atoms with E-state index in [0.717, 1.165) is 0 Å². The molecule has 23 heavy (non-hydrogen) atoms. The van der Waals surface area contributed by atoms with Gasteiger partial charge in [0.15, 0.2) is 37.0 Å². The molecule has 0 aliphatic rings. The van der Waals surface area contributed by atoms with Crippen molar-refractivity contribution < 1.29 is 48.1 Å². The van der Waals surface area contributed by atoms with E-state index in [0.29, 0.717) is 0 Å². The molecule has 142 valence electrons. The summed E-state index contributed by atoms with van der Waals surface area (Å²) in [5, 5.41) is 2.75. The Morgan fingerprint density at radius 1 is 0.783 bits per heavy atom. The molecule has 0 aliphatic heterocycles. The molecular weight excluding hydrogens is 366 g/mol. The first-order valence-electron chi connectivity index (χ1n) is 5.96. The van der Waals surface area contributed by atoms with Gasteiger partial charge in [-0.15, -0.1) is 0 Å². The zero-order chi connectivity index (χ0) is 19.0. The number of nitrogens with one attached hydrogen (secondary N) is 1. The molecular formula is C10H17F8NO3S. The van der Waals surface area contributed by atoms with Gasteiger partial charge < -0.3 is 5.32 Å². The minimum absolute atomic E-state index is 1.88. The van der Waals surface area contributed by atoms with E-state index in [9.17, 15) is 43.5 Å². The number of alkyl halides is 8. The molecule has 0 aliphatic carbocycles. The molecule has 0 saturated heterocycles. The zero-order valence-corrected chi connectivity index (χ0v) is 12.8. The van der Waals surface area contributed by atoms with Gasteiger partial charge in [-0.1, -0.05) is 0 Å². The van der Waals surface area contributed by atoms with Gasteiger partial charge in [-0.05, 0) is 14.1 Å². The molecule has 0 heterocycles. The van der Waals surface area contributed by atoms with Crippen LogP contribution in [0.1, 0.15) is 0 Å². The van der Waals surface area contributed by atoms with Crippen molar-refractivity contribution >= 4 is 10.1 Å². The molecule has 13 heteroatoms. The van der Waals surface area contributed by atoms with Crippen molar-refractivity contribution in [3.8, 4) is 0 Å². The van der Waals surface area contributed by atoms with Gasteiger partial charge in [-0.3, -0.25) is 4.55 Å². The van der Waals surface area contributed by atoms with Crippen molar-refractivity contribution in [2.24, 2.45) is 0 Å². The maximum Gasteiger partial charge on any atom is 0.272 e. The monoisotopic (exact) mass is 383 g/mol. The molecule has 0 aromatic rings. The third kappa shape index (κ3) is 9.91. The Morgan fingerprint density at radius 2 is 1.09 bits per heavy atom. The Labute approximate surface area is 128 Å². The van der Waals surface area contributed by atoms with Crippen LogP contribution in [-0.4, -0.2) is 76.3 Å². The van der Waals surface area contributed by atoms with Crippen molar-refractivity contribution in [2.45, 2.75) is 43.5 Å². The van der Waals surface area contributed by atoms with Gasteiger partial charge in [-0.2, -0.15) is 8.42 Å². The molecule has 0 aromatic carbocycles. The van der Waals surface area contributed by atoms with E-state index in [1.807, 2.05) is 14.1 Å². The summed E-state index contributed by atoms with van der Waals surface area (Å²) in [4.78, 5) is 0. The smallest absolute Gasteiger partial charge is 0.272 e. The predicted octanol–water partition coefficient (Wildman–Crippen LogP) is 2.00. The fraction of sp³-hybridized carbons (Fsp3) is 1.00. The third-order valence-electron chi connectivity index (χ3n) is 2.17. The minimum atomic E-state index is -5.07. The molecule has 0 aromatic heterocycles. The summed E-state index contributed by atoms with van der Waals surface area (Å²) in [5.41, 5.74) is 0. The van der Waals surface area contributed by atoms with E-state index < -0.39 is 59.3 Å². The quantitative estimate of drug-likeness (QED) is 0.497. The maximum atomic E-state index is 13.0. The summed E-state index contributed by atoms with van der Waals surface area (Å²) < 4.78 is 129. The topological polar surface area (TPSA) is 66.4 Å². The summed E-state index contributed by atoms with van der Waals surface area (Å²) >= 11 is 0. The van der Waals surface area contributed by atoms with Gasteiger partial charge >= 0.3 is 0 Å². The highest BCUT2D eigenvalue weighted by atomic mass is 32.2. The zero-order valence-electron chi connectivity index (χ0n) is 11.9. The maximum absolute atomic E-state index is 13.0. The van der Waals surface area contributed by atoms with Crippen molar-refractivity contribution in [1.29, 1.82) is 0 Å². The summed E-state index contributed by atoms with van der Waals surface area (Å²) in [6.07, 6.45) is -25.9. The molecule has 0 saturated carbocycles. The minimum Gasteiger partial charge on any atom is -0.323 e. The van der Waals surface area contributed by atoms with E-state index in [4.69, 9.17) is 4.55 Å². The second-order valence-electron chi connectivity index (χ2n) is 4.32. The Bertz CT molecular complexity index is 413. The highest BCUT2D eigenvalue weighted by Gasteiger charge is 2.46. The van der Waals surface area contributed by atoms with Crippen LogP contribution in [0, 0.1) is 0 Å². The van der Waals surface area contributed by atoms with E-state index in [2.05, 4.69) is 5.32 Å². The fourth-order valence-electron chi connectivity index (χ4n) is 1.16. The van der Waals surface area contributed by atoms with E-state index in [-0.39, 0.29) is 0 Å². The number of hydrogen-bond acceptors (Lipinski definition) is 3. The van der Waals surface area contributed by atoms with Gasteiger partial charge in [0, 0.05) is 0 Å². The first-order chi connectivity index (χ1) is 10.3. The van der Waals surface area contributed by atoms with Gasteiger partial charge in [0.05, 0.1) is 0 Å². The predicted molar refractivity (Wildman–Crippen MR) is 66.8 cm³/mol. The molecule has 2 N–H and O–H groups in total. The second-order valence-corrected chi connectivity index (χ2v) is 5.82. The highest BCUT2D eigenvalue weighted by Crippen LogP contribution is 2.26.